The molecule has 0 aliphatic rings. The summed E-state index contributed by atoms with van der Waals surface area (Å²) in [6.45, 7) is 6.04. The van der Waals surface area contributed by atoms with Gasteiger partial charge in [0.15, 0.2) is 11.4 Å². The highest BCUT2D eigenvalue weighted by Gasteiger charge is 2.20. The molecule has 31 heavy (non-hydrogen) atoms. The summed E-state index contributed by atoms with van der Waals surface area (Å²) in [5, 5.41) is 2.51. The Morgan fingerprint density at radius 2 is 1.84 bits per heavy atom. The summed E-state index contributed by atoms with van der Waals surface area (Å²) in [5.41, 5.74) is 3.81. The zero-order valence-corrected chi connectivity index (χ0v) is 18.7. The highest BCUT2D eigenvalue weighted by molar-refractivity contribution is 5.95. The van der Waals surface area contributed by atoms with Gasteiger partial charge in [0.1, 0.15) is 0 Å². The normalized spacial score (nSPS) is 11.1. The lowest BCUT2D eigenvalue weighted by atomic mass is 10.0. The van der Waals surface area contributed by atoms with E-state index in [-0.39, 0.29) is 17.5 Å². The molecule has 2 rings (SSSR count). The molecule has 0 saturated carbocycles. The number of methoxy groups -OCH3 is 1. The van der Waals surface area contributed by atoms with Crippen LogP contribution in [0.5, 0.6) is 5.75 Å². The fourth-order valence-electron chi connectivity index (χ4n) is 2.76. The second-order valence-corrected chi connectivity index (χ2v) is 5.99. The number of esters is 1. The Morgan fingerprint density at radius 3 is 2.42 bits per heavy atom. The molecule has 1 amide bonds. The molecule has 1 aromatic heterocycles. The SMILES string of the molecule is CC.CCOC(=O)/C=C/CC(Nn1ccc(=O)c(OC)c1C(=O)NC)c1ccccc1. The first-order valence-electron chi connectivity index (χ1n) is 10.2. The van der Waals surface area contributed by atoms with Gasteiger partial charge in [0, 0.05) is 25.4 Å². The van der Waals surface area contributed by atoms with Crippen LogP contribution in [0.15, 0.2) is 59.5 Å². The quantitative estimate of drug-likeness (QED) is 0.470. The molecule has 2 aromatic rings. The van der Waals surface area contributed by atoms with Gasteiger partial charge < -0.3 is 20.2 Å². The molecule has 0 aliphatic heterocycles. The smallest absolute Gasteiger partial charge is 0.330 e. The third kappa shape index (κ3) is 7.33. The maximum absolute atomic E-state index is 12.4. The topological polar surface area (TPSA) is 98.7 Å². The summed E-state index contributed by atoms with van der Waals surface area (Å²) in [6, 6.07) is 10.6. The van der Waals surface area contributed by atoms with Crippen molar-refractivity contribution in [2.45, 2.75) is 33.2 Å². The Kier molecular flexibility index (Phi) is 11.2. The number of hydrogen-bond acceptors (Lipinski definition) is 6. The molecule has 0 spiro atoms. The van der Waals surface area contributed by atoms with E-state index in [9.17, 15) is 14.4 Å². The van der Waals surface area contributed by atoms with Crippen molar-refractivity contribution in [3.05, 3.63) is 76.2 Å². The Hall–Kier alpha value is -3.55. The minimum atomic E-state index is -0.471. The summed E-state index contributed by atoms with van der Waals surface area (Å²) in [7, 11) is 2.81. The predicted molar refractivity (Wildman–Crippen MR) is 121 cm³/mol. The summed E-state index contributed by atoms with van der Waals surface area (Å²) >= 11 is 0. The number of rotatable bonds is 9. The molecular weight excluding hydrogens is 398 g/mol. The van der Waals surface area contributed by atoms with Crippen molar-refractivity contribution in [3.63, 3.8) is 0 Å². The lowest BCUT2D eigenvalue weighted by molar-refractivity contribution is -0.137. The molecule has 0 bridgehead atoms. The number of amides is 1. The van der Waals surface area contributed by atoms with E-state index in [0.717, 1.165) is 5.56 Å². The van der Waals surface area contributed by atoms with E-state index in [4.69, 9.17) is 9.47 Å². The average molecular weight is 430 g/mol. The molecule has 168 valence electrons. The average Bonchev–Trinajstić information content (AvgIpc) is 2.80. The van der Waals surface area contributed by atoms with E-state index >= 15 is 0 Å². The van der Waals surface area contributed by atoms with Gasteiger partial charge in [-0.3, -0.25) is 14.3 Å². The first-order valence-corrected chi connectivity index (χ1v) is 10.2. The van der Waals surface area contributed by atoms with Crippen LogP contribution in [0.1, 0.15) is 49.3 Å². The van der Waals surface area contributed by atoms with Crippen LogP contribution >= 0.6 is 0 Å². The zero-order chi connectivity index (χ0) is 23.2. The van der Waals surface area contributed by atoms with Gasteiger partial charge >= 0.3 is 5.97 Å². The third-order valence-electron chi connectivity index (χ3n) is 4.11. The Bertz CT molecular complexity index is 923. The highest BCUT2D eigenvalue weighted by Crippen LogP contribution is 2.20. The van der Waals surface area contributed by atoms with Gasteiger partial charge in [-0.25, -0.2) is 4.79 Å². The number of nitrogens with zero attached hydrogens (tertiary/aromatic N) is 1. The molecule has 0 aliphatic carbocycles. The van der Waals surface area contributed by atoms with Crippen LogP contribution < -0.4 is 20.9 Å². The van der Waals surface area contributed by atoms with Gasteiger partial charge in [0.2, 0.25) is 5.43 Å². The number of aromatic nitrogens is 1. The Labute approximate surface area is 182 Å². The van der Waals surface area contributed by atoms with Gasteiger partial charge in [0.05, 0.1) is 19.8 Å². The van der Waals surface area contributed by atoms with Crippen LogP contribution in [0, 0.1) is 0 Å². The second kappa shape index (κ2) is 13.6. The van der Waals surface area contributed by atoms with Crippen molar-refractivity contribution < 1.29 is 19.1 Å². The van der Waals surface area contributed by atoms with Crippen molar-refractivity contribution >= 4 is 11.9 Å². The number of ether oxygens (including phenoxy) is 2. The number of carbonyl (C=O) groups is 2. The number of nitrogens with one attached hydrogen (secondary N) is 2. The molecule has 0 radical (unpaired) electrons. The van der Waals surface area contributed by atoms with E-state index in [1.165, 1.54) is 37.2 Å². The molecule has 0 fully saturated rings. The van der Waals surface area contributed by atoms with E-state index in [0.29, 0.717) is 13.0 Å². The largest absolute Gasteiger partial charge is 0.491 e. The van der Waals surface area contributed by atoms with E-state index in [2.05, 4.69) is 10.7 Å². The first-order chi connectivity index (χ1) is 15.0. The van der Waals surface area contributed by atoms with Crippen molar-refractivity contribution in [2.75, 3.05) is 26.2 Å². The van der Waals surface area contributed by atoms with E-state index in [1.54, 1.807) is 13.0 Å². The van der Waals surface area contributed by atoms with Crippen molar-refractivity contribution in [3.8, 4) is 5.75 Å². The van der Waals surface area contributed by atoms with Crippen molar-refractivity contribution in [2.24, 2.45) is 0 Å². The first kappa shape index (κ1) is 25.5. The van der Waals surface area contributed by atoms with Crippen molar-refractivity contribution in [1.29, 1.82) is 0 Å². The number of hydrogen-bond donors (Lipinski definition) is 2. The van der Waals surface area contributed by atoms with Gasteiger partial charge in [0.25, 0.3) is 5.91 Å². The summed E-state index contributed by atoms with van der Waals surface area (Å²) in [5.74, 6) is -0.954. The summed E-state index contributed by atoms with van der Waals surface area (Å²) < 4.78 is 11.5. The minimum Gasteiger partial charge on any atom is -0.491 e. The summed E-state index contributed by atoms with van der Waals surface area (Å²) in [4.78, 5) is 36.1. The summed E-state index contributed by atoms with van der Waals surface area (Å²) in [6.07, 6.45) is 4.97. The maximum atomic E-state index is 12.4. The minimum absolute atomic E-state index is 0.0535. The Morgan fingerprint density at radius 1 is 1.16 bits per heavy atom. The molecule has 1 aromatic carbocycles. The molecule has 0 saturated heterocycles. The standard InChI is InChI=1S/C21H25N3O5.C2H6/c1-4-29-18(26)12-8-11-16(15-9-6-5-7-10-15)23-24-14-13-17(25)20(28-3)19(24)21(27)22-2;1-2/h5-10,12-14,16,23H,4,11H2,1-3H3,(H,22,27);1-2H3/b12-8+;. The van der Waals surface area contributed by atoms with E-state index < -0.39 is 17.3 Å². The van der Waals surface area contributed by atoms with Crippen LogP contribution in [0.2, 0.25) is 0 Å². The van der Waals surface area contributed by atoms with Crippen molar-refractivity contribution in [1.82, 2.24) is 9.99 Å². The van der Waals surface area contributed by atoms with E-state index in [1.807, 2.05) is 44.2 Å². The molecule has 1 heterocycles. The van der Waals surface area contributed by atoms with Gasteiger partial charge in [-0.05, 0) is 18.9 Å². The molecular formula is C23H31N3O5. The monoisotopic (exact) mass is 429 g/mol. The van der Waals surface area contributed by atoms with Crippen LogP contribution in [0.4, 0.5) is 0 Å². The maximum Gasteiger partial charge on any atom is 0.330 e. The second-order valence-electron chi connectivity index (χ2n) is 5.99. The number of benzene rings is 1. The van der Waals surface area contributed by atoms with Crippen LogP contribution in [-0.4, -0.2) is 37.3 Å². The molecule has 1 atom stereocenters. The van der Waals surface area contributed by atoms with Crippen LogP contribution in [-0.2, 0) is 9.53 Å². The van der Waals surface area contributed by atoms with Gasteiger partial charge in [-0.2, -0.15) is 0 Å². The molecule has 8 nitrogen and oxygen atoms in total. The lowest BCUT2D eigenvalue weighted by Gasteiger charge is -2.24. The highest BCUT2D eigenvalue weighted by atomic mass is 16.5. The Balaban J connectivity index is 0.00000233. The molecule has 8 heteroatoms. The predicted octanol–water partition coefficient (Wildman–Crippen LogP) is 3.04. The third-order valence-corrected chi connectivity index (χ3v) is 4.11. The van der Waals surface area contributed by atoms with Crippen LogP contribution in [0.3, 0.4) is 0 Å². The number of carbonyl (C=O) groups excluding carboxylic acids is 2. The van der Waals surface area contributed by atoms with Gasteiger partial charge in [-0.1, -0.05) is 50.3 Å². The lowest BCUT2D eigenvalue weighted by Crippen LogP contribution is -2.32. The zero-order valence-electron chi connectivity index (χ0n) is 18.7. The fourth-order valence-corrected chi connectivity index (χ4v) is 2.76. The van der Waals surface area contributed by atoms with Crippen LogP contribution in [0.25, 0.3) is 0 Å². The fraction of sp³-hybridized carbons (Fsp3) is 0.348. The van der Waals surface area contributed by atoms with Gasteiger partial charge in [-0.15, -0.1) is 0 Å². The number of pyridine rings is 1. The molecule has 2 N–H and O–H groups in total. The molecule has 1 unspecified atom stereocenters.